The monoisotopic (exact) mass is 292 g/mol. The minimum absolute atomic E-state index is 0.193. The van der Waals surface area contributed by atoms with Gasteiger partial charge in [-0.25, -0.2) is 4.79 Å². The Morgan fingerprint density at radius 1 is 1.33 bits per heavy atom. The van der Waals surface area contributed by atoms with Crippen LogP contribution in [0, 0.1) is 0 Å². The predicted octanol–water partition coefficient (Wildman–Crippen LogP) is 2.13. The first-order valence-corrected chi connectivity index (χ1v) is 7.36. The first-order chi connectivity index (χ1) is 10.1. The summed E-state index contributed by atoms with van der Waals surface area (Å²) < 4.78 is 10.3. The summed E-state index contributed by atoms with van der Waals surface area (Å²) in [4.78, 5) is 14.6. The fourth-order valence-electron chi connectivity index (χ4n) is 2.80. The maximum absolute atomic E-state index is 12.3. The predicted molar refractivity (Wildman–Crippen MR) is 82.7 cm³/mol. The van der Waals surface area contributed by atoms with Gasteiger partial charge in [-0.2, -0.15) is 0 Å². The van der Waals surface area contributed by atoms with Gasteiger partial charge in [-0.1, -0.05) is 13.0 Å². The number of carbonyl (C=O) groups excluding carboxylic acids is 1. The molecular weight excluding hydrogens is 268 g/mol. The molecule has 1 saturated heterocycles. The molecule has 1 fully saturated rings. The summed E-state index contributed by atoms with van der Waals surface area (Å²) in [6, 6.07) is 7.64. The van der Waals surface area contributed by atoms with E-state index in [0.29, 0.717) is 0 Å². The van der Waals surface area contributed by atoms with Gasteiger partial charge in [0.15, 0.2) is 0 Å². The molecule has 1 aromatic rings. The molecule has 1 aliphatic rings. The third-order valence-electron chi connectivity index (χ3n) is 4.19. The van der Waals surface area contributed by atoms with E-state index in [0.717, 1.165) is 43.9 Å². The van der Waals surface area contributed by atoms with Crippen LogP contribution in [0.1, 0.15) is 19.8 Å². The maximum atomic E-state index is 12.3. The molecule has 21 heavy (non-hydrogen) atoms. The number of nitrogens with zero attached hydrogens (tertiary/aromatic N) is 1. The Bertz CT molecular complexity index is 482. The Kier molecular flexibility index (Phi) is 5.07. The van der Waals surface area contributed by atoms with E-state index < -0.39 is 5.54 Å². The molecule has 0 aromatic heterocycles. The van der Waals surface area contributed by atoms with Gasteiger partial charge in [0.2, 0.25) is 0 Å². The van der Waals surface area contributed by atoms with Crippen LogP contribution in [-0.4, -0.2) is 50.3 Å². The molecule has 1 N–H and O–H groups in total. The fourth-order valence-corrected chi connectivity index (χ4v) is 2.80. The Morgan fingerprint density at radius 2 is 2.05 bits per heavy atom. The fraction of sp³-hybridized carbons (Fsp3) is 0.562. The highest BCUT2D eigenvalue weighted by atomic mass is 16.5. The van der Waals surface area contributed by atoms with Crippen LogP contribution in [-0.2, 0) is 9.53 Å². The number of methoxy groups -OCH3 is 2. The summed E-state index contributed by atoms with van der Waals surface area (Å²) in [6.45, 7) is 4.93. The highest BCUT2D eigenvalue weighted by Crippen LogP contribution is 2.29. The number of piperidine rings is 1. The summed E-state index contributed by atoms with van der Waals surface area (Å²) in [5.74, 6) is 0.576. The molecular formula is C16H24N2O3. The van der Waals surface area contributed by atoms with Crippen molar-refractivity contribution in [1.82, 2.24) is 4.90 Å². The molecule has 0 aliphatic carbocycles. The van der Waals surface area contributed by atoms with Gasteiger partial charge in [-0.15, -0.1) is 0 Å². The van der Waals surface area contributed by atoms with E-state index in [-0.39, 0.29) is 5.97 Å². The average molecular weight is 292 g/mol. The molecule has 5 heteroatoms. The zero-order valence-electron chi connectivity index (χ0n) is 13.0. The standard InChI is InChI=1S/C16H24N2O3/c1-4-18-10-8-16(9-11-18,15(19)21-3)17-13-6-5-7-14(12-13)20-2/h5-7,12,17H,4,8-11H2,1-3H3. The van der Waals surface area contributed by atoms with Crippen molar-refractivity contribution in [3.05, 3.63) is 24.3 Å². The van der Waals surface area contributed by atoms with Crippen LogP contribution in [0.2, 0.25) is 0 Å². The number of carbonyl (C=O) groups is 1. The van der Waals surface area contributed by atoms with E-state index in [4.69, 9.17) is 9.47 Å². The zero-order chi connectivity index (χ0) is 15.3. The van der Waals surface area contributed by atoms with Gasteiger partial charge in [-0.3, -0.25) is 0 Å². The quantitative estimate of drug-likeness (QED) is 0.843. The average Bonchev–Trinajstić information content (AvgIpc) is 2.54. The lowest BCUT2D eigenvalue weighted by atomic mass is 9.87. The first-order valence-electron chi connectivity index (χ1n) is 7.36. The number of hydrogen-bond donors (Lipinski definition) is 1. The second kappa shape index (κ2) is 6.80. The lowest BCUT2D eigenvalue weighted by Crippen LogP contribution is -2.54. The summed E-state index contributed by atoms with van der Waals surface area (Å²) in [7, 11) is 3.08. The van der Waals surface area contributed by atoms with Crippen molar-refractivity contribution in [2.24, 2.45) is 0 Å². The van der Waals surface area contributed by atoms with Crippen LogP contribution in [0.3, 0.4) is 0 Å². The molecule has 0 unspecified atom stereocenters. The zero-order valence-corrected chi connectivity index (χ0v) is 13.0. The van der Waals surface area contributed by atoms with Crippen molar-refractivity contribution in [2.75, 3.05) is 39.2 Å². The molecule has 0 spiro atoms. The van der Waals surface area contributed by atoms with Crippen molar-refractivity contribution < 1.29 is 14.3 Å². The van der Waals surface area contributed by atoms with Gasteiger partial charge < -0.3 is 19.7 Å². The van der Waals surface area contributed by atoms with Crippen molar-refractivity contribution >= 4 is 11.7 Å². The number of hydrogen-bond acceptors (Lipinski definition) is 5. The van der Waals surface area contributed by atoms with Gasteiger partial charge in [0.05, 0.1) is 14.2 Å². The summed E-state index contributed by atoms with van der Waals surface area (Å²) >= 11 is 0. The SMILES string of the molecule is CCN1CCC(Nc2cccc(OC)c2)(C(=O)OC)CC1. The Morgan fingerprint density at radius 3 is 2.62 bits per heavy atom. The molecule has 1 aromatic carbocycles. The van der Waals surface area contributed by atoms with Crippen LogP contribution in [0.15, 0.2) is 24.3 Å². The van der Waals surface area contributed by atoms with E-state index >= 15 is 0 Å². The minimum atomic E-state index is -0.646. The van der Waals surface area contributed by atoms with E-state index in [1.165, 1.54) is 7.11 Å². The van der Waals surface area contributed by atoms with Crippen LogP contribution in [0.4, 0.5) is 5.69 Å². The molecule has 1 heterocycles. The Hall–Kier alpha value is -1.75. The number of ether oxygens (including phenoxy) is 2. The summed E-state index contributed by atoms with van der Waals surface area (Å²) in [5, 5.41) is 3.38. The van der Waals surface area contributed by atoms with E-state index in [1.807, 2.05) is 24.3 Å². The number of esters is 1. The van der Waals surface area contributed by atoms with Crippen molar-refractivity contribution in [3.8, 4) is 5.75 Å². The smallest absolute Gasteiger partial charge is 0.331 e. The van der Waals surface area contributed by atoms with Gasteiger partial charge >= 0.3 is 5.97 Å². The molecule has 0 radical (unpaired) electrons. The maximum Gasteiger partial charge on any atom is 0.331 e. The largest absolute Gasteiger partial charge is 0.497 e. The number of benzene rings is 1. The molecule has 0 atom stereocenters. The highest BCUT2D eigenvalue weighted by molar-refractivity contribution is 5.84. The van der Waals surface area contributed by atoms with Crippen LogP contribution >= 0.6 is 0 Å². The van der Waals surface area contributed by atoms with Crippen molar-refractivity contribution in [2.45, 2.75) is 25.3 Å². The topological polar surface area (TPSA) is 50.8 Å². The van der Waals surface area contributed by atoms with Crippen molar-refractivity contribution in [1.29, 1.82) is 0 Å². The number of nitrogens with one attached hydrogen (secondary N) is 1. The minimum Gasteiger partial charge on any atom is -0.497 e. The van der Waals surface area contributed by atoms with Crippen LogP contribution in [0.5, 0.6) is 5.75 Å². The number of likely N-dealkylation sites (tertiary alicyclic amines) is 1. The lowest BCUT2D eigenvalue weighted by molar-refractivity contribution is -0.147. The van der Waals surface area contributed by atoms with Crippen LogP contribution < -0.4 is 10.1 Å². The van der Waals surface area contributed by atoms with Crippen molar-refractivity contribution in [3.63, 3.8) is 0 Å². The second-order valence-corrected chi connectivity index (χ2v) is 5.36. The van der Waals surface area contributed by atoms with Gasteiger partial charge in [0.1, 0.15) is 11.3 Å². The second-order valence-electron chi connectivity index (χ2n) is 5.36. The van der Waals surface area contributed by atoms with Gasteiger partial charge in [-0.05, 0) is 31.5 Å². The third kappa shape index (κ3) is 3.47. The highest BCUT2D eigenvalue weighted by Gasteiger charge is 2.42. The molecule has 2 rings (SSSR count). The van der Waals surface area contributed by atoms with E-state index in [9.17, 15) is 4.79 Å². The summed E-state index contributed by atoms with van der Waals surface area (Å²) in [6.07, 6.45) is 1.48. The summed E-state index contributed by atoms with van der Waals surface area (Å²) in [5.41, 5.74) is 0.233. The number of rotatable bonds is 5. The molecule has 0 saturated carbocycles. The third-order valence-corrected chi connectivity index (χ3v) is 4.19. The molecule has 5 nitrogen and oxygen atoms in total. The lowest BCUT2D eigenvalue weighted by Gasteiger charge is -2.40. The van der Waals surface area contributed by atoms with E-state index in [1.54, 1.807) is 7.11 Å². The van der Waals surface area contributed by atoms with Gasteiger partial charge in [0.25, 0.3) is 0 Å². The Balaban J connectivity index is 2.19. The number of anilines is 1. The van der Waals surface area contributed by atoms with Crippen LogP contribution in [0.25, 0.3) is 0 Å². The molecule has 116 valence electrons. The van der Waals surface area contributed by atoms with E-state index in [2.05, 4.69) is 17.1 Å². The normalized spacial score (nSPS) is 18.0. The molecule has 1 aliphatic heterocycles. The molecule has 0 amide bonds. The Labute approximate surface area is 126 Å². The first kappa shape index (κ1) is 15.6. The molecule has 0 bridgehead atoms. The van der Waals surface area contributed by atoms with Gasteiger partial charge in [0, 0.05) is 24.8 Å².